The lowest BCUT2D eigenvalue weighted by molar-refractivity contribution is 0.0322. The Balaban J connectivity index is 1.55. The van der Waals surface area contributed by atoms with Crippen molar-refractivity contribution in [2.24, 2.45) is 11.8 Å². The van der Waals surface area contributed by atoms with E-state index in [1.54, 1.807) is 4.90 Å². The number of nitrogens with zero attached hydrogens (tertiary/aromatic N) is 2. The van der Waals surface area contributed by atoms with Gasteiger partial charge in [0, 0.05) is 36.9 Å². The Labute approximate surface area is 149 Å². The van der Waals surface area contributed by atoms with E-state index in [1.165, 1.54) is 19.3 Å². The Hall–Kier alpha value is -2.04. The van der Waals surface area contributed by atoms with Gasteiger partial charge < -0.3 is 10.2 Å². The summed E-state index contributed by atoms with van der Waals surface area (Å²) in [6.45, 7) is 4.51. The Morgan fingerprint density at radius 1 is 1.20 bits per heavy atom. The molecule has 4 rings (SSSR count). The number of hydrogen-bond acceptors (Lipinski definition) is 2. The maximum Gasteiger partial charge on any atom is 0.321 e. The monoisotopic (exact) mass is 341 g/mol. The minimum atomic E-state index is -0.0797. The fraction of sp³-hybridized carbons (Fsp3) is 0.600. The minimum Gasteiger partial charge on any atom is -0.336 e. The number of amides is 3. The topological polar surface area (TPSA) is 52.7 Å². The second kappa shape index (κ2) is 6.70. The van der Waals surface area contributed by atoms with Crippen LogP contribution in [0.2, 0.25) is 0 Å². The third kappa shape index (κ3) is 3.12. The fourth-order valence-electron chi connectivity index (χ4n) is 4.84. The molecule has 0 radical (unpaired) electrons. The molecule has 3 atom stereocenters. The number of benzene rings is 1. The van der Waals surface area contributed by atoms with E-state index in [-0.39, 0.29) is 11.9 Å². The van der Waals surface area contributed by atoms with Crippen LogP contribution in [-0.2, 0) is 0 Å². The summed E-state index contributed by atoms with van der Waals surface area (Å²) < 4.78 is 0. The second-order valence-electron chi connectivity index (χ2n) is 7.82. The molecule has 5 nitrogen and oxygen atoms in total. The maximum absolute atomic E-state index is 13.2. The van der Waals surface area contributed by atoms with Crippen LogP contribution in [0.25, 0.3) is 0 Å². The van der Waals surface area contributed by atoms with Gasteiger partial charge in [0.2, 0.25) is 0 Å². The molecule has 1 saturated carbocycles. The van der Waals surface area contributed by atoms with Crippen LogP contribution in [0.1, 0.15) is 49.4 Å². The number of carbonyl (C=O) groups excluding carboxylic acids is 2. The zero-order chi connectivity index (χ0) is 17.4. The van der Waals surface area contributed by atoms with Gasteiger partial charge in [-0.05, 0) is 62.1 Å². The molecule has 25 heavy (non-hydrogen) atoms. The van der Waals surface area contributed by atoms with Gasteiger partial charge in [-0.3, -0.25) is 9.69 Å². The van der Waals surface area contributed by atoms with Gasteiger partial charge in [0.1, 0.15) is 0 Å². The molecule has 3 fully saturated rings. The number of fused-ring (bicyclic) bond motifs is 1. The molecule has 3 amide bonds. The molecule has 1 N–H and O–H groups in total. The third-order valence-electron chi connectivity index (χ3n) is 6.10. The summed E-state index contributed by atoms with van der Waals surface area (Å²) in [5.41, 5.74) is 1.52. The van der Waals surface area contributed by atoms with Crippen LogP contribution in [0.3, 0.4) is 0 Å². The number of nitrogens with one attached hydrogen (secondary N) is 1. The average Bonchev–Trinajstić information content (AvgIpc) is 3.06. The molecule has 0 spiro atoms. The summed E-state index contributed by atoms with van der Waals surface area (Å²) in [5, 5.41) is 2.81. The predicted molar refractivity (Wildman–Crippen MR) is 97.8 cm³/mol. The van der Waals surface area contributed by atoms with Gasteiger partial charge in [0.05, 0.1) is 0 Å². The Kier molecular flexibility index (Phi) is 4.40. The van der Waals surface area contributed by atoms with Crippen molar-refractivity contribution < 1.29 is 9.59 Å². The maximum atomic E-state index is 13.2. The number of likely N-dealkylation sites (tertiary alicyclic amines) is 1. The van der Waals surface area contributed by atoms with E-state index in [0.29, 0.717) is 30.6 Å². The molecule has 1 aliphatic carbocycles. The molecule has 0 unspecified atom stereocenters. The minimum absolute atomic E-state index is 0.0797. The first-order valence-electron chi connectivity index (χ1n) is 9.60. The van der Waals surface area contributed by atoms with Crippen molar-refractivity contribution in [1.29, 1.82) is 0 Å². The molecule has 5 heteroatoms. The lowest BCUT2D eigenvalue weighted by Crippen LogP contribution is -2.50. The Morgan fingerprint density at radius 3 is 2.88 bits per heavy atom. The van der Waals surface area contributed by atoms with Gasteiger partial charge in [-0.1, -0.05) is 13.0 Å². The van der Waals surface area contributed by atoms with Gasteiger partial charge in [-0.2, -0.15) is 0 Å². The number of piperidine rings is 1. The van der Waals surface area contributed by atoms with E-state index in [2.05, 4.69) is 17.1 Å². The van der Waals surface area contributed by atoms with Crippen LogP contribution in [-0.4, -0.2) is 42.5 Å². The zero-order valence-electron chi connectivity index (χ0n) is 14.9. The average molecular weight is 341 g/mol. The van der Waals surface area contributed by atoms with Crippen LogP contribution in [0.5, 0.6) is 0 Å². The molecule has 0 aromatic heterocycles. The van der Waals surface area contributed by atoms with Gasteiger partial charge >= 0.3 is 6.03 Å². The number of rotatable bonds is 2. The largest absolute Gasteiger partial charge is 0.336 e. The first-order valence-corrected chi connectivity index (χ1v) is 9.60. The molecular weight excluding hydrogens is 314 g/mol. The number of urea groups is 1. The van der Waals surface area contributed by atoms with Crippen molar-refractivity contribution in [1.82, 2.24) is 10.2 Å². The molecule has 3 aliphatic rings. The summed E-state index contributed by atoms with van der Waals surface area (Å²) in [7, 11) is 0. The third-order valence-corrected chi connectivity index (χ3v) is 6.10. The van der Waals surface area contributed by atoms with E-state index in [4.69, 9.17) is 0 Å². The highest BCUT2D eigenvalue weighted by atomic mass is 16.2. The van der Waals surface area contributed by atoms with Crippen molar-refractivity contribution in [3.63, 3.8) is 0 Å². The van der Waals surface area contributed by atoms with E-state index in [9.17, 15) is 9.59 Å². The lowest BCUT2D eigenvalue weighted by atomic mass is 9.74. The number of anilines is 1. The molecule has 2 heterocycles. The smallest absolute Gasteiger partial charge is 0.321 e. The first kappa shape index (κ1) is 16.4. The molecule has 134 valence electrons. The molecule has 0 bridgehead atoms. The lowest BCUT2D eigenvalue weighted by Gasteiger charge is -2.45. The van der Waals surface area contributed by atoms with Crippen LogP contribution < -0.4 is 10.2 Å². The summed E-state index contributed by atoms with van der Waals surface area (Å²) in [5.74, 6) is 1.58. The number of carbonyl (C=O) groups is 2. The SMILES string of the molecule is C[C@@H]1CC[C@@H]2[C@H](CCCN2C(=O)c2cccc(N3CCNC3=O)c2)C1. The normalized spacial score (nSPS) is 29.3. The highest BCUT2D eigenvalue weighted by molar-refractivity contribution is 5.98. The van der Waals surface area contributed by atoms with Gasteiger partial charge in [-0.15, -0.1) is 0 Å². The fourth-order valence-corrected chi connectivity index (χ4v) is 4.84. The van der Waals surface area contributed by atoms with Crippen molar-refractivity contribution in [2.75, 3.05) is 24.5 Å². The van der Waals surface area contributed by atoms with Crippen LogP contribution in [0.4, 0.5) is 10.5 Å². The molecule has 2 saturated heterocycles. The zero-order valence-corrected chi connectivity index (χ0v) is 14.9. The van der Waals surface area contributed by atoms with Crippen molar-refractivity contribution >= 4 is 17.6 Å². The molecule has 1 aromatic carbocycles. The van der Waals surface area contributed by atoms with E-state index in [0.717, 1.165) is 31.0 Å². The molecule has 2 aliphatic heterocycles. The standard InChI is InChI=1S/C20H27N3O2/c1-14-7-8-18-15(12-14)5-3-10-23(18)19(24)16-4-2-6-17(13-16)22-11-9-21-20(22)25/h2,4,6,13-15,18H,3,5,7-12H2,1H3,(H,21,25)/t14-,15-,18-/m1/s1. The highest BCUT2D eigenvalue weighted by Gasteiger charge is 2.38. The Morgan fingerprint density at radius 2 is 2.08 bits per heavy atom. The van der Waals surface area contributed by atoms with Crippen molar-refractivity contribution in [2.45, 2.75) is 45.1 Å². The quantitative estimate of drug-likeness (QED) is 0.898. The Bertz CT molecular complexity index is 675. The van der Waals surface area contributed by atoms with Crippen LogP contribution >= 0.6 is 0 Å². The number of hydrogen-bond donors (Lipinski definition) is 1. The van der Waals surface area contributed by atoms with E-state index in [1.807, 2.05) is 24.3 Å². The van der Waals surface area contributed by atoms with Crippen molar-refractivity contribution in [3.05, 3.63) is 29.8 Å². The molecule has 1 aromatic rings. The molecular formula is C20H27N3O2. The van der Waals surface area contributed by atoms with E-state index >= 15 is 0 Å². The summed E-state index contributed by atoms with van der Waals surface area (Å²) >= 11 is 0. The first-order chi connectivity index (χ1) is 12.1. The predicted octanol–water partition coefficient (Wildman–Crippen LogP) is 3.26. The van der Waals surface area contributed by atoms with E-state index < -0.39 is 0 Å². The summed E-state index contributed by atoms with van der Waals surface area (Å²) in [4.78, 5) is 28.9. The highest BCUT2D eigenvalue weighted by Crippen LogP contribution is 2.38. The van der Waals surface area contributed by atoms with Gasteiger partial charge in [-0.25, -0.2) is 4.79 Å². The summed E-state index contributed by atoms with van der Waals surface area (Å²) in [6, 6.07) is 7.87. The van der Waals surface area contributed by atoms with Crippen molar-refractivity contribution in [3.8, 4) is 0 Å². The second-order valence-corrected chi connectivity index (χ2v) is 7.82. The van der Waals surface area contributed by atoms with Crippen LogP contribution in [0.15, 0.2) is 24.3 Å². The van der Waals surface area contributed by atoms with Gasteiger partial charge in [0.15, 0.2) is 0 Å². The van der Waals surface area contributed by atoms with Crippen LogP contribution in [0, 0.1) is 11.8 Å². The summed E-state index contributed by atoms with van der Waals surface area (Å²) in [6.07, 6.45) is 5.97. The van der Waals surface area contributed by atoms with Gasteiger partial charge in [0.25, 0.3) is 5.91 Å².